The summed E-state index contributed by atoms with van der Waals surface area (Å²) in [5.74, 6) is 1.24. The predicted octanol–water partition coefficient (Wildman–Crippen LogP) is 3.95. The topological polar surface area (TPSA) is 29.3 Å². The summed E-state index contributed by atoms with van der Waals surface area (Å²) in [7, 11) is 0. The van der Waals surface area contributed by atoms with Gasteiger partial charge in [-0.15, -0.1) is 0 Å². The van der Waals surface area contributed by atoms with Crippen LogP contribution in [0.3, 0.4) is 0 Å². The minimum atomic E-state index is 0.207. The van der Waals surface area contributed by atoms with Crippen LogP contribution in [0, 0.1) is 11.8 Å². The van der Waals surface area contributed by atoms with Gasteiger partial charge in [-0.2, -0.15) is 0 Å². The van der Waals surface area contributed by atoms with Crippen LogP contribution in [-0.4, -0.2) is 24.5 Å². The summed E-state index contributed by atoms with van der Waals surface area (Å²) in [5.41, 5.74) is 7.17. The highest BCUT2D eigenvalue weighted by molar-refractivity contribution is 6.31. The van der Waals surface area contributed by atoms with Crippen molar-refractivity contribution in [2.45, 2.75) is 33.7 Å². The van der Waals surface area contributed by atoms with E-state index < -0.39 is 0 Å². The van der Waals surface area contributed by atoms with E-state index in [2.05, 4.69) is 38.7 Å². The average Bonchev–Trinajstić information content (AvgIpc) is 2.30. The highest BCUT2D eigenvalue weighted by atomic mass is 35.5. The molecule has 0 aliphatic heterocycles. The van der Waals surface area contributed by atoms with Crippen LogP contribution in [-0.2, 0) is 0 Å². The molecule has 1 atom stereocenters. The summed E-state index contributed by atoms with van der Waals surface area (Å²) in [6, 6.07) is 8.25. The van der Waals surface area contributed by atoms with E-state index in [9.17, 15) is 0 Å². The predicted molar refractivity (Wildman–Crippen MR) is 84.5 cm³/mol. The van der Waals surface area contributed by atoms with Crippen molar-refractivity contribution in [2.75, 3.05) is 19.6 Å². The third kappa shape index (κ3) is 5.13. The highest BCUT2D eigenvalue weighted by Gasteiger charge is 2.22. The fourth-order valence-electron chi connectivity index (χ4n) is 2.49. The van der Waals surface area contributed by atoms with Crippen molar-refractivity contribution < 1.29 is 0 Å². The summed E-state index contributed by atoms with van der Waals surface area (Å²) >= 11 is 6.33. The third-order valence-corrected chi connectivity index (χ3v) is 3.47. The van der Waals surface area contributed by atoms with E-state index in [1.807, 2.05) is 18.2 Å². The van der Waals surface area contributed by atoms with Gasteiger partial charge in [0.25, 0.3) is 0 Å². The van der Waals surface area contributed by atoms with Gasteiger partial charge in [-0.05, 0) is 23.5 Å². The molecule has 0 saturated heterocycles. The Balaban J connectivity index is 2.98. The molecule has 2 nitrogen and oxygen atoms in total. The van der Waals surface area contributed by atoms with Crippen LogP contribution in [0.25, 0.3) is 0 Å². The molecule has 1 aromatic carbocycles. The molecule has 0 amide bonds. The number of rotatable bonds is 7. The minimum absolute atomic E-state index is 0.207. The second-order valence-electron chi connectivity index (χ2n) is 6.01. The van der Waals surface area contributed by atoms with E-state index >= 15 is 0 Å². The van der Waals surface area contributed by atoms with Gasteiger partial charge in [-0.1, -0.05) is 57.5 Å². The first-order chi connectivity index (χ1) is 8.95. The molecule has 0 aromatic heterocycles. The van der Waals surface area contributed by atoms with E-state index in [1.54, 1.807) is 0 Å². The van der Waals surface area contributed by atoms with E-state index in [0.717, 1.165) is 23.7 Å². The summed E-state index contributed by atoms with van der Waals surface area (Å²) in [5, 5.41) is 0.815. The van der Waals surface area contributed by atoms with Crippen LogP contribution < -0.4 is 5.73 Å². The first-order valence-corrected chi connectivity index (χ1v) is 7.52. The van der Waals surface area contributed by atoms with E-state index in [-0.39, 0.29) is 6.04 Å². The van der Waals surface area contributed by atoms with Crippen LogP contribution in [0.5, 0.6) is 0 Å². The van der Waals surface area contributed by atoms with E-state index in [4.69, 9.17) is 17.3 Å². The van der Waals surface area contributed by atoms with Crippen LogP contribution in [0.1, 0.15) is 39.3 Å². The van der Waals surface area contributed by atoms with Gasteiger partial charge >= 0.3 is 0 Å². The lowest BCUT2D eigenvalue weighted by atomic mass is 10.0. The fraction of sp³-hybridized carbons (Fsp3) is 0.625. The number of halogens is 1. The molecular weight excluding hydrogens is 256 g/mol. The largest absolute Gasteiger partial charge is 0.329 e. The molecule has 2 N–H and O–H groups in total. The summed E-state index contributed by atoms with van der Waals surface area (Å²) in [6.45, 7) is 11.7. The van der Waals surface area contributed by atoms with Crippen molar-refractivity contribution in [1.29, 1.82) is 0 Å². The van der Waals surface area contributed by atoms with Crippen molar-refractivity contribution in [3.8, 4) is 0 Å². The standard InChI is InChI=1S/C16H27ClN2/c1-12(2)10-19(11-13(3)4)16(9-18)14-7-5-6-8-15(14)17/h5-8,12-13,16H,9-11,18H2,1-4H3. The lowest BCUT2D eigenvalue weighted by Crippen LogP contribution is -2.38. The summed E-state index contributed by atoms with van der Waals surface area (Å²) < 4.78 is 0. The fourth-order valence-corrected chi connectivity index (χ4v) is 2.75. The van der Waals surface area contributed by atoms with Gasteiger partial charge in [0.15, 0.2) is 0 Å². The number of benzene rings is 1. The minimum Gasteiger partial charge on any atom is -0.329 e. The SMILES string of the molecule is CC(C)CN(CC(C)C)C(CN)c1ccccc1Cl. The Morgan fingerprint density at radius 3 is 2.00 bits per heavy atom. The quantitative estimate of drug-likeness (QED) is 0.820. The zero-order chi connectivity index (χ0) is 14.4. The van der Waals surface area contributed by atoms with Gasteiger partial charge in [-0.25, -0.2) is 0 Å². The van der Waals surface area contributed by atoms with Crippen LogP contribution >= 0.6 is 11.6 Å². The number of nitrogens with two attached hydrogens (primary N) is 1. The first-order valence-electron chi connectivity index (χ1n) is 7.14. The molecule has 1 aromatic rings. The third-order valence-electron chi connectivity index (χ3n) is 3.13. The normalized spacial score (nSPS) is 13.5. The molecule has 1 rings (SSSR count). The van der Waals surface area contributed by atoms with Gasteiger partial charge < -0.3 is 5.73 Å². The molecule has 0 spiro atoms. The van der Waals surface area contributed by atoms with Gasteiger partial charge in [0.2, 0.25) is 0 Å². The van der Waals surface area contributed by atoms with E-state index in [1.165, 1.54) is 0 Å². The molecule has 0 aliphatic carbocycles. The van der Waals surface area contributed by atoms with Crippen LogP contribution in [0.2, 0.25) is 5.02 Å². The Bertz CT molecular complexity index is 367. The van der Waals surface area contributed by atoms with E-state index in [0.29, 0.717) is 18.4 Å². The van der Waals surface area contributed by atoms with Crippen molar-refractivity contribution in [3.63, 3.8) is 0 Å². The number of nitrogens with zero attached hydrogens (tertiary/aromatic N) is 1. The van der Waals surface area contributed by atoms with Crippen molar-refractivity contribution in [1.82, 2.24) is 4.90 Å². The second kappa shape index (κ2) is 7.88. The molecule has 108 valence electrons. The Kier molecular flexibility index (Phi) is 6.84. The zero-order valence-electron chi connectivity index (χ0n) is 12.6. The molecule has 19 heavy (non-hydrogen) atoms. The number of hydrogen-bond donors (Lipinski definition) is 1. The highest BCUT2D eigenvalue weighted by Crippen LogP contribution is 2.28. The van der Waals surface area contributed by atoms with Crippen molar-refractivity contribution in [3.05, 3.63) is 34.9 Å². The molecule has 0 heterocycles. The Labute approximate surface area is 122 Å². The van der Waals surface area contributed by atoms with Crippen LogP contribution in [0.15, 0.2) is 24.3 Å². The van der Waals surface area contributed by atoms with Gasteiger partial charge in [0, 0.05) is 30.7 Å². The average molecular weight is 283 g/mol. The summed E-state index contributed by atoms with van der Waals surface area (Å²) in [4.78, 5) is 2.47. The maximum absolute atomic E-state index is 6.33. The molecule has 0 fully saturated rings. The van der Waals surface area contributed by atoms with Gasteiger partial charge in [-0.3, -0.25) is 4.90 Å². The first kappa shape index (κ1) is 16.5. The Morgan fingerprint density at radius 2 is 1.58 bits per heavy atom. The van der Waals surface area contributed by atoms with Gasteiger partial charge in [0.1, 0.15) is 0 Å². The van der Waals surface area contributed by atoms with Crippen molar-refractivity contribution in [2.24, 2.45) is 17.6 Å². The monoisotopic (exact) mass is 282 g/mol. The van der Waals surface area contributed by atoms with Crippen LogP contribution in [0.4, 0.5) is 0 Å². The Morgan fingerprint density at radius 1 is 1.05 bits per heavy atom. The van der Waals surface area contributed by atoms with Crippen molar-refractivity contribution >= 4 is 11.6 Å². The molecule has 1 unspecified atom stereocenters. The molecule has 0 bridgehead atoms. The lowest BCUT2D eigenvalue weighted by Gasteiger charge is -2.34. The van der Waals surface area contributed by atoms with Gasteiger partial charge in [0.05, 0.1) is 0 Å². The summed E-state index contributed by atoms with van der Waals surface area (Å²) in [6.07, 6.45) is 0. The molecule has 0 radical (unpaired) electrons. The molecule has 3 heteroatoms. The number of hydrogen-bond acceptors (Lipinski definition) is 2. The molecule has 0 aliphatic rings. The molecule has 0 saturated carbocycles. The maximum Gasteiger partial charge on any atom is 0.0485 e. The molecular formula is C16H27ClN2. The maximum atomic E-state index is 6.33. The zero-order valence-corrected chi connectivity index (χ0v) is 13.3. The Hall–Kier alpha value is -0.570. The smallest absolute Gasteiger partial charge is 0.0485 e. The lowest BCUT2D eigenvalue weighted by molar-refractivity contribution is 0.160. The second-order valence-corrected chi connectivity index (χ2v) is 6.42.